The molecule has 0 saturated heterocycles. The first-order valence-electron chi connectivity index (χ1n) is 5.08. The molecule has 0 spiro atoms. The number of aromatic nitrogens is 2. The molecule has 0 aliphatic heterocycles. The number of nitrogens with zero attached hydrogens (tertiary/aromatic N) is 2. The van der Waals surface area contributed by atoms with Crippen LogP contribution in [0, 0.1) is 0 Å². The minimum absolute atomic E-state index is 0.0743. The van der Waals surface area contributed by atoms with E-state index < -0.39 is 0 Å². The van der Waals surface area contributed by atoms with Gasteiger partial charge in [-0.15, -0.1) is 0 Å². The van der Waals surface area contributed by atoms with E-state index in [2.05, 4.69) is 25.9 Å². The number of hydrogen-bond acceptors (Lipinski definition) is 3. The molecule has 4 heteroatoms. The van der Waals surface area contributed by atoms with Crippen LogP contribution in [-0.4, -0.2) is 9.78 Å². The highest BCUT2D eigenvalue weighted by molar-refractivity contribution is 5.21. The van der Waals surface area contributed by atoms with E-state index in [4.69, 9.17) is 5.73 Å². The van der Waals surface area contributed by atoms with Gasteiger partial charge in [0.2, 0.25) is 0 Å². The Morgan fingerprint density at radius 3 is 2.40 bits per heavy atom. The van der Waals surface area contributed by atoms with Crippen molar-refractivity contribution in [2.45, 2.75) is 39.2 Å². The summed E-state index contributed by atoms with van der Waals surface area (Å²) in [5.74, 6) is 0. The number of rotatable bonds is 1. The third-order valence-electron chi connectivity index (χ3n) is 2.35. The second-order valence-electron chi connectivity index (χ2n) is 4.95. The summed E-state index contributed by atoms with van der Waals surface area (Å²) in [4.78, 5) is 11.7. The summed E-state index contributed by atoms with van der Waals surface area (Å²) in [7, 11) is 1.66. The fourth-order valence-electron chi connectivity index (χ4n) is 1.32. The summed E-state index contributed by atoms with van der Waals surface area (Å²) >= 11 is 0. The first-order valence-corrected chi connectivity index (χ1v) is 5.08. The van der Waals surface area contributed by atoms with E-state index in [1.807, 2.05) is 13.0 Å². The summed E-state index contributed by atoms with van der Waals surface area (Å²) in [5.41, 5.74) is 7.08. The Hall–Kier alpha value is -1.16. The highest BCUT2D eigenvalue weighted by Gasteiger charge is 2.19. The van der Waals surface area contributed by atoms with Crippen LogP contribution < -0.4 is 11.3 Å². The minimum atomic E-state index is -0.257. The molecule has 15 heavy (non-hydrogen) atoms. The van der Waals surface area contributed by atoms with E-state index in [1.165, 1.54) is 4.68 Å². The summed E-state index contributed by atoms with van der Waals surface area (Å²) < 4.78 is 1.36. The first-order chi connectivity index (χ1) is 6.73. The molecule has 0 bridgehead atoms. The molecule has 1 rings (SSSR count). The smallest absolute Gasteiger partial charge is 0.271 e. The highest BCUT2D eigenvalue weighted by atomic mass is 16.1. The molecule has 0 fully saturated rings. The van der Waals surface area contributed by atoms with Crippen LogP contribution in [0.5, 0.6) is 0 Å². The second kappa shape index (κ2) is 3.77. The van der Waals surface area contributed by atoms with E-state index >= 15 is 0 Å². The van der Waals surface area contributed by atoms with Crippen molar-refractivity contribution in [1.82, 2.24) is 9.78 Å². The van der Waals surface area contributed by atoms with Crippen LogP contribution >= 0.6 is 0 Å². The van der Waals surface area contributed by atoms with Crippen molar-refractivity contribution in [2.24, 2.45) is 12.8 Å². The first kappa shape index (κ1) is 11.9. The Bertz CT molecular complexity index is 413. The van der Waals surface area contributed by atoms with Crippen LogP contribution in [0.4, 0.5) is 0 Å². The molecule has 0 amide bonds. The van der Waals surface area contributed by atoms with Gasteiger partial charge < -0.3 is 5.73 Å². The number of nitrogens with two attached hydrogens (primary N) is 1. The molecule has 0 radical (unpaired) electrons. The Morgan fingerprint density at radius 1 is 1.47 bits per heavy atom. The van der Waals surface area contributed by atoms with Gasteiger partial charge in [0.25, 0.3) is 5.56 Å². The normalized spacial score (nSPS) is 14.0. The molecule has 0 saturated carbocycles. The standard InChI is InChI=1S/C11H19N3O/c1-7(12)8-6-9(11(2,3)4)13-14(5)10(8)15/h6-7H,12H2,1-5H3. The monoisotopic (exact) mass is 209 g/mol. The molecule has 0 aromatic carbocycles. The Morgan fingerprint density at radius 2 is 2.00 bits per heavy atom. The summed E-state index contributed by atoms with van der Waals surface area (Å²) in [5, 5.41) is 4.24. The zero-order valence-electron chi connectivity index (χ0n) is 10.0. The van der Waals surface area contributed by atoms with Crippen molar-refractivity contribution in [3.05, 3.63) is 27.7 Å². The third kappa shape index (κ3) is 2.45. The molecule has 1 aromatic rings. The predicted octanol–water partition coefficient (Wildman–Crippen LogP) is 1.10. The third-order valence-corrected chi connectivity index (χ3v) is 2.35. The largest absolute Gasteiger partial charge is 0.324 e. The van der Waals surface area contributed by atoms with Crippen molar-refractivity contribution in [3.63, 3.8) is 0 Å². The molecule has 84 valence electrons. The van der Waals surface area contributed by atoms with Gasteiger partial charge in [0, 0.05) is 24.1 Å². The molecule has 0 aliphatic carbocycles. The fraction of sp³-hybridized carbons (Fsp3) is 0.636. The van der Waals surface area contributed by atoms with Crippen LogP contribution in [0.3, 0.4) is 0 Å². The van der Waals surface area contributed by atoms with Crippen LogP contribution in [-0.2, 0) is 12.5 Å². The lowest BCUT2D eigenvalue weighted by Gasteiger charge is -2.19. The fourth-order valence-corrected chi connectivity index (χ4v) is 1.32. The molecule has 1 atom stereocenters. The van der Waals surface area contributed by atoms with Gasteiger partial charge in [-0.05, 0) is 13.0 Å². The zero-order chi connectivity index (χ0) is 11.8. The van der Waals surface area contributed by atoms with Crippen molar-refractivity contribution in [1.29, 1.82) is 0 Å². The van der Waals surface area contributed by atoms with Crippen LogP contribution in [0.15, 0.2) is 10.9 Å². The van der Waals surface area contributed by atoms with Gasteiger partial charge in [0.15, 0.2) is 0 Å². The van der Waals surface area contributed by atoms with E-state index in [0.717, 1.165) is 5.69 Å². The van der Waals surface area contributed by atoms with Gasteiger partial charge in [-0.3, -0.25) is 4.79 Å². The zero-order valence-corrected chi connectivity index (χ0v) is 10.0. The van der Waals surface area contributed by atoms with Gasteiger partial charge in [0.05, 0.1) is 5.69 Å². The van der Waals surface area contributed by atoms with Crippen molar-refractivity contribution < 1.29 is 0 Å². The Balaban J connectivity index is 3.43. The quantitative estimate of drug-likeness (QED) is 0.753. The summed E-state index contributed by atoms with van der Waals surface area (Å²) in [6.07, 6.45) is 0. The second-order valence-corrected chi connectivity index (χ2v) is 4.95. The number of hydrogen-bond donors (Lipinski definition) is 1. The van der Waals surface area contributed by atoms with Gasteiger partial charge in [-0.1, -0.05) is 20.8 Å². The highest BCUT2D eigenvalue weighted by Crippen LogP contribution is 2.20. The summed E-state index contributed by atoms with van der Waals surface area (Å²) in [6.45, 7) is 7.99. The number of aryl methyl sites for hydroxylation is 1. The van der Waals surface area contributed by atoms with Gasteiger partial charge >= 0.3 is 0 Å². The van der Waals surface area contributed by atoms with Crippen molar-refractivity contribution in [3.8, 4) is 0 Å². The molecular weight excluding hydrogens is 190 g/mol. The molecule has 2 N–H and O–H groups in total. The molecule has 1 aromatic heterocycles. The molecule has 0 aliphatic rings. The van der Waals surface area contributed by atoms with E-state index in [-0.39, 0.29) is 17.0 Å². The van der Waals surface area contributed by atoms with Crippen LogP contribution in [0.1, 0.15) is 45.0 Å². The predicted molar refractivity (Wildman–Crippen MR) is 60.8 cm³/mol. The molecular formula is C11H19N3O. The van der Waals surface area contributed by atoms with Crippen molar-refractivity contribution >= 4 is 0 Å². The average molecular weight is 209 g/mol. The molecule has 1 unspecified atom stereocenters. The van der Waals surface area contributed by atoms with Crippen LogP contribution in [0.2, 0.25) is 0 Å². The Kier molecular flexibility index (Phi) is 3.00. The van der Waals surface area contributed by atoms with E-state index in [1.54, 1.807) is 7.05 Å². The molecule has 4 nitrogen and oxygen atoms in total. The molecule has 1 heterocycles. The maximum Gasteiger partial charge on any atom is 0.271 e. The lowest BCUT2D eigenvalue weighted by molar-refractivity contribution is 0.524. The lowest BCUT2D eigenvalue weighted by Crippen LogP contribution is -2.30. The Labute approximate surface area is 90.1 Å². The average Bonchev–Trinajstić information content (AvgIpc) is 2.06. The van der Waals surface area contributed by atoms with Gasteiger partial charge in [-0.2, -0.15) is 5.10 Å². The lowest BCUT2D eigenvalue weighted by atomic mass is 9.91. The van der Waals surface area contributed by atoms with Gasteiger partial charge in [0.1, 0.15) is 0 Å². The van der Waals surface area contributed by atoms with E-state index in [9.17, 15) is 4.79 Å². The maximum atomic E-state index is 11.7. The SMILES string of the molecule is CC(N)c1cc(C(C)(C)C)nn(C)c1=O. The van der Waals surface area contributed by atoms with Gasteiger partial charge in [-0.25, -0.2) is 4.68 Å². The summed E-state index contributed by atoms with van der Waals surface area (Å²) in [6, 6.07) is 1.56. The maximum absolute atomic E-state index is 11.7. The topological polar surface area (TPSA) is 60.9 Å². The minimum Gasteiger partial charge on any atom is -0.324 e. The van der Waals surface area contributed by atoms with Crippen LogP contribution in [0.25, 0.3) is 0 Å². The van der Waals surface area contributed by atoms with Crippen molar-refractivity contribution in [2.75, 3.05) is 0 Å². The van der Waals surface area contributed by atoms with E-state index in [0.29, 0.717) is 5.56 Å².